The fourth-order valence-corrected chi connectivity index (χ4v) is 6.52. The molecule has 1 atom stereocenters. The number of carbonyl (C=O) groups is 2. The molecule has 0 aromatic heterocycles. The highest BCUT2D eigenvalue weighted by Crippen LogP contribution is 2.18. The molecule has 0 aliphatic heterocycles. The molecule has 0 heterocycles. The molecule has 4 heteroatoms. The maximum atomic E-state index is 12.5. The van der Waals surface area contributed by atoms with Crippen LogP contribution in [0.25, 0.3) is 0 Å². The van der Waals surface area contributed by atoms with Gasteiger partial charge in [-0.05, 0) is 64.2 Å². The first-order valence-electron chi connectivity index (χ1n) is 21.3. The van der Waals surface area contributed by atoms with Gasteiger partial charge in [-0.3, -0.25) is 9.59 Å². The lowest BCUT2D eigenvalue weighted by Crippen LogP contribution is -2.18. The van der Waals surface area contributed by atoms with Crippen molar-refractivity contribution in [2.75, 3.05) is 0 Å². The van der Waals surface area contributed by atoms with Gasteiger partial charge in [0.2, 0.25) is 0 Å². The van der Waals surface area contributed by atoms with Crippen molar-refractivity contribution < 1.29 is 19.4 Å². The lowest BCUT2D eigenvalue weighted by atomic mass is 10.0. The number of carbonyl (C=O) groups excluding carboxylic acids is 1. The quantitative estimate of drug-likeness (QED) is 0.0400. The number of rotatable bonds is 39. The van der Waals surface area contributed by atoms with Crippen molar-refractivity contribution in [1.82, 2.24) is 0 Å². The summed E-state index contributed by atoms with van der Waals surface area (Å²) in [5.74, 6) is -0.857. The lowest BCUT2D eigenvalue weighted by Gasteiger charge is -2.18. The molecular weight excluding hydrogens is 592 g/mol. The molecule has 1 N–H and O–H groups in total. The Kier molecular flexibility index (Phi) is 38.5. The van der Waals surface area contributed by atoms with Gasteiger partial charge in [0.05, 0.1) is 0 Å². The second-order valence-corrected chi connectivity index (χ2v) is 14.5. The van der Waals surface area contributed by atoms with E-state index in [1.54, 1.807) is 0 Å². The average Bonchev–Trinajstić information content (AvgIpc) is 3.07. The minimum atomic E-state index is -0.767. The standard InChI is InChI=1S/C44H82O4/c1-3-5-7-9-11-13-15-17-19-20-21-22-24-26-28-30-32-34-36-41-44(47)48-42(39-37-40-43(45)46)38-35-33-31-29-27-25-23-18-16-14-12-10-8-6-4-2/h11,13,17,19,42H,3-10,12,14-16,18,20-41H2,1-2H3,(H,45,46)/b13-11-,19-17-. The molecule has 0 radical (unpaired) electrons. The average molecular weight is 675 g/mol. The van der Waals surface area contributed by atoms with Crippen molar-refractivity contribution in [3.63, 3.8) is 0 Å². The van der Waals surface area contributed by atoms with E-state index in [-0.39, 0.29) is 18.5 Å². The summed E-state index contributed by atoms with van der Waals surface area (Å²) in [6.45, 7) is 4.53. The van der Waals surface area contributed by atoms with Crippen LogP contribution in [0.15, 0.2) is 24.3 Å². The molecule has 1 unspecified atom stereocenters. The third kappa shape index (κ3) is 38.9. The summed E-state index contributed by atoms with van der Waals surface area (Å²) < 4.78 is 5.85. The first kappa shape index (κ1) is 46.4. The molecule has 0 saturated carbocycles. The van der Waals surface area contributed by atoms with E-state index in [9.17, 15) is 9.59 Å². The van der Waals surface area contributed by atoms with Crippen LogP contribution < -0.4 is 0 Å². The molecule has 0 aromatic rings. The van der Waals surface area contributed by atoms with E-state index >= 15 is 0 Å². The number of aliphatic carboxylic acids is 1. The molecule has 0 aromatic carbocycles. The molecule has 0 aliphatic rings. The maximum absolute atomic E-state index is 12.5. The molecule has 0 aliphatic carbocycles. The van der Waals surface area contributed by atoms with Gasteiger partial charge in [0.1, 0.15) is 6.10 Å². The number of hydrogen-bond acceptors (Lipinski definition) is 3. The highest BCUT2D eigenvalue weighted by atomic mass is 16.5. The SMILES string of the molecule is CCCCC/C=C\C/C=C\CCCCCCCCCCCC(=O)OC(CCCCCCCCCCCCCCCCC)CCCC(=O)O. The van der Waals surface area contributed by atoms with Crippen LogP contribution in [-0.4, -0.2) is 23.1 Å². The van der Waals surface area contributed by atoms with Gasteiger partial charge in [0.25, 0.3) is 0 Å². The van der Waals surface area contributed by atoms with Crippen LogP contribution in [0.4, 0.5) is 0 Å². The Morgan fingerprint density at radius 1 is 0.458 bits per heavy atom. The van der Waals surface area contributed by atoms with Gasteiger partial charge >= 0.3 is 11.9 Å². The number of esters is 1. The van der Waals surface area contributed by atoms with Crippen molar-refractivity contribution in [2.45, 2.75) is 245 Å². The summed E-state index contributed by atoms with van der Waals surface area (Å²) in [6.07, 6.45) is 50.6. The van der Waals surface area contributed by atoms with Gasteiger partial charge in [-0.2, -0.15) is 0 Å². The predicted octanol–water partition coefficient (Wildman–Crippen LogP) is 14.8. The largest absolute Gasteiger partial charge is 0.481 e. The van der Waals surface area contributed by atoms with Crippen LogP contribution in [0.2, 0.25) is 0 Å². The molecule has 0 rings (SSSR count). The third-order valence-electron chi connectivity index (χ3n) is 9.68. The topological polar surface area (TPSA) is 63.6 Å². The van der Waals surface area contributed by atoms with E-state index < -0.39 is 5.97 Å². The summed E-state index contributed by atoms with van der Waals surface area (Å²) in [5.41, 5.74) is 0. The summed E-state index contributed by atoms with van der Waals surface area (Å²) in [5, 5.41) is 9.04. The Bertz CT molecular complexity index is 727. The molecule has 0 fully saturated rings. The van der Waals surface area contributed by atoms with Crippen molar-refractivity contribution in [2.24, 2.45) is 0 Å². The second kappa shape index (κ2) is 39.9. The highest BCUT2D eigenvalue weighted by molar-refractivity contribution is 5.69. The van der Waals surface area contributed by atoms with Crippen molar-refractivity contribution in [3.8, 4) is 0 Å². The summed E-state index contributed by atoms with van der Waals surface area (Å²) >= 11 is 0. The molecule has 4 nitrogen and oxygen atoms in total. The Hall–Kier alpha value is -1.58. The highest BCUT2D eigenvalue weighted by Gasteiger charge is 2.15. The van der Waals surface area contributed by atoms with Gasteiger partial charge in [0.15, 0.2) is 0 Å². The van der Waals surface area contributed by atoms with Gasteiger partial charge in [-0.15, -0.1) is 0 Å². The van der Waals surface area contributed by atoms with Crippen LogP contribution in [-0.2, 0) is 14.3 Å². The minimum Gasteiger partial charge on any atom is -0.481 e. The molecule has 48 heavy (non-hydrogen) atoms. The van der Waals surface area contributed by atoms with Gasteiger partial charge in [-0.1, -0.05) is 186 Å². The molecule has 0 spiro atoms. The maximum Gasteiger partial charge on any atom is 0.306 e. The van der Waals surface area contributed by atoms with Crippen molar-refractivity contribution in [3.05, 3.63) is 24.3 Å². The smallest absolute Gasteiger partial charge is 0.306 e. The molecule has 0 saturated heterocycles. The van der Waals surface area contributed by atoms with Crippen molar-refractivity contribution in [1.29, 1.82) is 0 Å². The first-order valence-corrected chi connectivity index (χ1v) is 21.3. The number of hydrogen-bond donors (Lipinski definition) is 1. The normalized spacial score (nSPS) is 12.4. The van der Waals surface area contributed by atoms with Gasteiger partial charge in [0, 0.05) is 12.8 Å². The van der Waals surface area contributed by atoms with E-state index in [2.05, 4.69) is 38.2 Å². The zero-order chi connectivity index (χ0) is 35.0. The fourth-order valence-electron chi connectivity index (χ4n) is 6.52. The zero-order valence-corrected chi connectivity index (χ0v) is 32.3. The van der Waals surface area contributed by atoms with E-state index in [0.717, 1.165) is 32.1 Å². The van der Waals surface area contributed by atoms with E-state index in [4.69, 9.17) is 9.84 Å². The number of ether oxygens (including phenoxy) is 1. The zero-order valence-electron chi connectivity index (χ0n) is 32.3. The summed E-state index contributed by atoms with van der Waals surface area (Å²) in [7, 11) is 0. The van der Waals surface area contributed by atoms with Gasteiger partial charge < -0.3 is 9.84 Å². The van der Waals surface area contributed by atoms with E-state index in [1.165, 1.54) is 167 Å². The molecule has 0 amide bonds. The number of unbranched alkanes of at least 4 members (excludes halogenated alkanes) is 26. The first-order chi connectivity index (χ1) is 23.6. The van der Waals surface area contributed by atoms with Crippen LogP contribution >= 0.6 is 0 Å². The second-order valence-electron chi connectivity index (χ2n) is 14.5. The van der Waals surface area contributed by atoms with Gasteiger partial charge in [-0.25, -0.2) is 0 Å². The molecular formula is C44H82O4. The number of carboxylic acid groups (broad SMARTS) is 1. The Morgan fingerprint density at radius 2 is 0.833 bits per heavy atom. The minimum absolute atomic E-state index is 0.0895. The molecule has 282 valence electrons. The summed E-state index contributed by atoms with van der Waals surface area (Å²) in [4.78, 5) is 23.5. The summed E-state index contributed by atoms with van der Waals surface area (Å²) in [6, 6.07) is 0. The van der Waals surface area contributed by atoms with Crippen molar-refractivity contribution >= 4 is 11.9 Å². The molecule has 0 bridgehead atoms. The van der Waals surface area contributed by atoms with Crippen LogP contribution in [0, 0.1) is 0 Å². The van der Waals surface area contributed by atoms with Crippen LogP contribution in [0.5, 0.6) is 0 Å². The fraction of sp³-hybridized carbons (Fsp3) is 0.864. The van der Waals surface area contributed by atoms with E-state index in [0.29, 0.717) is 19.3 Å². The Labute approximate surface area is 299 Å². The predicted molar refractivity (Wildman–Crippen MR) is 209 cm³/mol. The van der Waals surface area contributed by atoms with Crippen LogP contribution in [0.1, 0.15) is 239 Å². The monoisotopic (exact) mass is 675 g/mol. The third-order valence-corrected chi connectivity index (χ3v) is 9.68. The van der Waals surface area contributed by atoms with Crippen LogP contribution in [0.3, 0.4) is 0 Å². The number of allylic oxidation sites excluding steroid dienone is 4. The Morgan fingerprint density at radius 3 is 1.31 bits per heavy atom. The lowest BCUT2D eigenvalue weighted by molar-refractivity contribution is -0.150. The van der Waals surface area contributed by atoms with E-state index in [1.807, 2.05) is 0 Å². The Balaban J connectivity index is 3.76. The number of carboxylic acids is 1.